The quantitative estimate of drug-likeness (QED) is 0.776. The third-order valence-electron chi connectivity index (χ3n) is 6.08. The maximum Gasteiger partial charge on any atom is 0.253 e. The van der Waals surface area contributed by atoms with Crippen molar-refractivity contribution in [3.05, 3.63) is 47.0 Å². The minimum Gasteiger partial charge on any atom is -0.377 e. The minimum absolute atomic E-state index is 0.0861. The second-order valence-corrected chi connectivity index (χ2v) is 7.99. The number of likely N-dealkylation sites (tertiary alicyclic amines) is 1. The van der Waals surface area contributed by atoms with Crippen LogP contribution in [0.5, 0.6) is 0 Å². The number of hydrogen-bond donors (Lipinski definition) is 0. The first kappa shape index (κ1) is 20.0. The number of aromatic nitrogens is 3. The number of benzene rings is 1. The van der Waals surface area contributed by atoms with Crippen LogP contribution in [-0.4, -0.2) is 63.8 Å². The zero-order chi connectivity index (χ0) is 20.2. The van der Waals surface area contributed by atoms with Crippen molar-refractivity contribution in [1.82, 2.24) is 24.6 Å². The largest absolute Gasteiger partial charge is 0.377 e. The van der Waals surface area contributed by atoms with Gasteiger partial charge in [-0.2, -0.15) is 0 Å². The number of hydrogen-bond acceptors (Lipinski definition) is 5. The lowest BCUT2D eigenvalue weighted by atomic mass is 10.0. The van der Waals surface area contributed by atoms with Crippen molar-refractivity contribution >= 4 is 5.91 Å². The summed E-state index contributed by atoms with van der Waals surface area (Å²) < 4.78 is 7.69. The number of piperidine rings is 1. The normalized spacial score (nSPS) is 20.3. The number of carbonyl (C=O) groups excluding carboxylic acids is 1. The number of rotatable bonds is 5. The first-order valence-electron chi connectivity index (χ1n) is 10.8. The van der Waals surface area contributed by atoms with Crippen LogP contribution in [0.25, 0.3) is 0 Å². The molecule has 1 aromatic carbocycles. The van der Waals surface area contributed by atoms with Gasteiger partial charge in [-0.25, -0.2) is 0 Å². The van der Waals surface area contributed by atoms with Gasteiger partial charge in [0.25, 0.3) is 5.91 Å². The van der Waals surface area contributed by atoms with E-state index < -0.39 is 0 Å². The molecule has 0 unspecified atom stereocenters. The Hall–Kier alpha value is -2.25. The summed E-state index contributed by atoms with van der Waals surface area (Å²) in [6, 6.07) is 8.11. The third kappa shape index (κ3) is 4.36. The molecular formula is C22H31N5O2. The first-order valence-corrected chi connectivity index (χ1v) is 10.8. The molecule has 2 aliphatic rings. The molecule has 1 atom stereocenters. The molecule has 2 aliphatic heterocycles. The summed E-state index contributed by atoms with van der Waals surface area (Å²) in [5, 5.41) is 9.00. The zero-order valence-corrected chi connectivity index (χ0v) is 17.5. The van der Waals surface area contributed by atoms with Gasteiger partial charge in [-0.15, -0.1) is 10.2 Å². The van der Waals surface area contributed by atoms with Crippen LogP contribution in [0.1, 0.15) is 59.8 Å². The molecule has 1 saturated heterocycles. The SMILES string of the molecule is CCOCc1ccc(C(=O)N2CCc3nnc([C@H]4CCCCN4C)n3CC2)cc1. The maximum atomic E-state index is 13.0. The molecule has 4 rings (SSSR count). The molecule has 7 heteroatoms. The van der Waals surface area contributed by atoms with E-state index in [9.17, 15) is 4.79 Å². The summed E-state index contributed by atoms with van der Waals surface area (Å²) in [7, 11) is 2.17. The van der Waals surface area contributed by atoms with Crippen LogP contribution in [0.4, 0.5) is 0 Å². The molecule has 1 amide bonds. The fourth-order valence-corrected chi connectivity index (χ4v) is 4.34. The maximum absolute atomic E-state index is 13.0. The third-order valence-corrected chi connectivity index (χ3v) is 6.08. The molecule has 156 valence electrons. The molecule has 0 spiro atoms. The highest BCUT2D eigenvalue weighted by molar-refractivity contribution is 5.94. The lowest BCUT2D eigenvalue weighted by Gasteiger charge is -2.32. The van der Waals surface area contributed by atoms with Crippen molar-refractivity contribution in [2.75, 3.05) is 33.3 Å². The van der Waals surface area contributed by atoms with Crippen molar-refractivity contribution in [2.24, 2.45) is 0 Å². The van der Waals surface area contributed by atoms with Crippen LogP contribution >= 0.6 is 0 Å². The Kier molecular flexibility index (Phi) is 6.25. The lowest BCUT2D eigenvalue weighted by Crippen LogP contribution is -2.34. The van der Waals surface area contributed by atoms with Gasteiger partial charge < -0.3 is 14.2 Å². The van der Waals surface area contributed by atoms with Gasteiger partial charge in [-0.3, -0.25) is 9.69 Å². The van der Waals surface area contributed by atoms with Crippen LogP contribution in [0.3, 0.4) is 0 Å². The topological polar surface area (TPSA) is 63.5 Å². The highest BCUT2D eigenvalue weighted by atomic mass is 16.5. The van der Waals surface area contributed by atoms with Gasteiger partial charge in [-0.1, -0.05) is 18.6 Å². The summed E-state index contributed by atoms with van der Waals surface area (Å²) in [4.78, 5) is 17.4. The molecule has 0 radical (unpaired) electrons. The molecule has 1 aromatic heterocycles. The van der Waals surface area contributed by atoms with Gasteiger partial charge in [0.1, 0.15) is 11.6 Å². The fourth-order valence-electron chi connectivity index (χ4n) is 4.34. The standard InChI is InChI=1S/C22H31N5O2/c1-3-29-16-17-7-9-18(10-8-17)22(28)26-13-11-20-23-24-21(27(20)15-14-26)19-6-4-5-12-25(19)2/h7-10,19H,3-6,11-16H2,1-2H3/t19-/m1/s1. The van der Waals surface area contributed by atoms with Gasteiger partial charge in [0.05, 0.1) is 12.6 Å². The highest BCUT2D eigenvalue weighted by Crippen LogP contribution is 2.29. The molecule has 1 fully saturated rings. The Morgan fingerprint density at radius 1 is 1.10 bits per heavy atom. The number of ether oxygens (including phenoxy) is 1. The molecule has 29 heavy (non-hydrogen) atoms. The molecule has 3 heterocycles. The van der Waals surface area contributed by atoms with Gasteiger partial charge in [0, 0.05) is 38.2 Å². The van der Waals surface area contributed by atoms with Crippen LogP contribution in [0, 0.1) is 0 Å². The molecular weight excluding hydrogens is 366 g/mol. The van der Waals surface area contributed by atoms with Crippen molar-refractivity contribution in [3.63, 3.8) is 0 Å². The summed E-state index contributed by atoms with van der Waals surface area (Å²) >= 11 is 0. The van der Waals surface area contributed by atoms with E-state index in [0.29, 0.717) is 32.3 Å². The van der Waals surface area contributed by atoms with E-state index in [2.05, 4.69) is 26.7 Å². The average molecular weight is 398 g/mol. The molecule has 7 nitrogen and oxygen atoms in total. The molecule has 0 bridgehead atoms. The number of fused-ring (bicyclic) bond motifs is 1. The Bertz CT molecular complexity index is 832. The van der Waals surface area contributed by atoms with E-state index >= 15 is 0 Å². The Labute approximate surface area is 172 Å². The van der Waals surface area contributed by atoms with Gasteiger partial charge in [0.15, 0.2) is 0 Å². The van der Waals surface area contributed by atoms with E-state index in [0.717, 1.165) is 48.7 Å². The van der Waals surface area contributed by atoms with E-state index in [1.54, 1.807) is 0 Å². The smallest absolute Gasteiger partial charge is 0.253 e. The molecule has 2 aromatic rings. The lowest BCUT2D eigenvalue weighted by molar-refractivity contribution is 0.0757. The molecule has 0 saturated carbocycles. The minimum atomic E-state index is 0.0861. The van der Waals surface area contributed by atoms with Crippen LogP contribution in [0.15, 0.2) is 24.3 Å². The summed E-state index contributed by atoms with van der Waals surface area (Å²) in [5.41, 5.74) is 1.82. The summed E-state index contributed by atoms with van der Waals surface area (Å²) in [6.07, 6.45) is 4.36. The van der Waals surface area contributed by atoms with Crippen molar-refractivity contribution < 1.29 is 9.53 Å². The Balaban J connectivity index is 1.44. The Morgan fingerprint density at radius 2 is 1.93 bits per heavy atom. The predicted octanol–water partition coefficient (Wildman–Crippen LogP) is 2.67. The summed E-state index contributed by atoms with van der Waals surface area (Å²) in [6.45, 7) is 6.49. The van der Waals surface area contributed by atoms with E-state index in [-0.39, 0.29) is 5.91 Å². The second kappa shape index (κ2) is 9.05. The molecule has 0 aliphatic carbocycles. The number of carbonyl (C=O) groups is 1. The van der Waals surface area contributed by atoms with Gasteiger partial charge in [0.2, 0.25) is 0 Å². The number of amides is 1. The first-order chi connectivity index (χ1) is 14.2. The van der Waals surface area contributed by atoms with Crippen LogP contribution < -0.4 is 0 Å². The molecule has 0 N–H and O–H groups in total. The summed E-state index contributed by atoms with van der Waals surface area (Å²) in [5.74, 6) is 2.15. The van der Waals surface area contributed by atoms with Crippen molar-refractivity contribution in [3.8, 4) is 0 Å². The van der Waals surface area contributed by atoms with Crippen molar-refractivity contribution in [2.45, 2.75) is 51.8 Å². The van der Waals surface area contributed by atoms with Crippen molar-refractivity contribution in [1.29, 1.82) is 0 Å². The van der Waals surface area contributed by atoms with E-state index in [1.165, 1.54) is 12.8 Å². The number of nitrogens with zero attached hydrogens (tertiary/aromatic N) is 5. The van der Waals surface area contributed by atoms with E-state index in [4.69, 9.17) is 4.74 Å². The Morgan fingerprint density at radius 3 is 2.69 bits per heavy atom. The van der Waals surface area contributed by atoms with E-state index in [1.807, 2.05) is 36.1 Å². The average Bonchev–Trinajstić information content (AvgIpc) is 3.03. The predicted molar refractivity (Wildman–Crippen MR) is 111 cm³/mol. The second-order valence-electron chi connectivity index (χ2n) is 7.99. The van der Waals surface area contributed by atoms with Gasteiger partial charge in [-0.05, 0) is 51.1 Å². The monoisotopic (exact) mass is 397 g/mol. The van der Waals surface area contributed by atoms with Gasteiger partial charge >= 0.3 is 0 Å². The van der Waals surface area contributed by atoms with Crippen LogP contribution in [-0.2, 0) is 24.3 Å². The fraction of sp³-hybridized carbons (Fsp3) is 0.591. The zero-order valence-electron chi connectivity index (χ0n) is 17.5. The highest BCUT2D eigenvalue weighted by Gasteiger charge is 2.29. The van der Waals surface area contributed by atoms with Crippen LogP contribution in [0.2, 0.25) is 0 Å².